The summed E-state index contributed by atoms with van der Waals surface area (Å²) in [6.07, 6.45) is 15.9. The van der Waals surface area contributed by atoms with E-state index in [2.05, 4.69) is 52.3 Å². The largest absolute Gasteiger partial charge is 0.251 e. The summed E-state index contributed by atoms with van der Waals surface area (Å²) >= 11 is 3.53. The fraction of sp³-hybridized carbons (Fsp3) is 0.636. The van der Waals surface area contributed by atoms with Crippen LogP contribution in [-0.2, 0) is 0 Å². The van der Waals surface area contributed by atoms with Crippen molar-refractivity contribution in [3.63, 3.8) is 0 Å². The molecule has 2 aliphatic rings. The minimum absolute atomic E-state index is 0.215. The second-order valence-corrected chi connectivity index (χ2v) is 8.66. The molecule has 0 aliphatic heterocycles. The third-order valence-electron chi connectivity index (χ3n) is 6.28. The minimum atomic E-state index is -0.215. The van der Waals surface area contributed by atoms with Crippen LogP contribution in [-0.4, -0.2) is 6.67 Å². The van der Waals surface area contributed by atoms with Gasteiger partial charge in [0.15, 0.2) is 0 Å². The molecule has 2 fully saturated rings. The highest BCUT2D eigenvalue weighted by Gasteiger charge is 2.30. The van der Waals surface area contributed by atoms with Crippen molar-refractivity contribution in [1.29, 1.82) is 0 Å². The Morgan fingerprint density at radius 2 is 1.46 bits per heavy atom. The minimum Gasteiger partial charge on any atom is -0.251 e. The summed E-state index contributed by atoms with van der Waals surface area (Å²) in [5, 5.41) is 0. The van der Waals surface area contributed by atoms with E-state index in [0.29, 0.717) is 12.3 Å². The molecule has 2 aliphatic carbocycles. The fourth-order valence-corrected chi connectivity index (χ4v) is 5.08. The van der Waals surface area contributed by atoms with Crippen molar-refractivity contribution in [2.24, 2.45) is 17.8 Å². The van der Waals surface area contributed by atoms with Gasteiger partial charge < -0.3 is 0 Å². The van der Waals surface area contributed by atoms with Gasteiger partial charge in [0, 0.05) is 4.47 Å². The number of halogens is 2. The first-order valence-electron chi connectivity index (χ1n) is 9.74. The van der Waals surface area contributed by atoms with Crippen LogP contribution in [0.4, 0.5) is 4.39 Å². The van der Waals surface area contributed by atoms with Crippen molar-refractivity contribution < 1.29 is 4.39 Å². The Morgan fingerprint density at radius 1 is 0.875 bits per heavy atom. The topological polar surface area (TPSA) is 0 Å². The first-order chi connectivity index (χ1) is 11.8. The Balaban J connectivity index is 1.43. The van der Waals surface area contributed by atoms with Crippen molar-refractivity contribution in [2.75, 3.05) is 6.67 Å². The molecule has 132 valence electrons. The molecule has 0 nitrogen and oxygen atoms in total. The maximum absolute atomic E-state index is 12.2. The zero-order valence-corrected chi connectivity index (χ0v) is 16.2. The van der Waals surface area contributed by atoms with Gasteiger partial charge in [0.1, 0.15) is 0 Å². The second kappa shape index (κ2) is 9.17. The van der Waals surface area contributed by atoms with Crippen molar-refractivity contribution in [3.8, 4) is 0 Å². The molecule has 0 bridgehead atoms. The maximum Gasteiger partial charge on any atom is 0.0928 e. The summed E-state index contributed by atoms with van der Waals surface area (Å²) < 4.78 is 13.4. The number of hydrogen-bond donors (Lipinski definition) is 0. The zero-order chi connectivity index (χ0) is 16.8. The van der Waals surface area contributed by atoms with E-state index in [4.69, 9.17) is 0 Å². The van der Waals surface area contributed by atoms with Crippen LogP contribution >= 0.6 is 15.9 Å². The Kier molecular flexibility index (Phi) is 6.95. The van der Waals surface area contributed by atoms with Crippen molar-refractivity contribution in [2.45, 2.75) is 63.7 Å². The van der Waals surface area contributed by atoms with Crippen LogP contribution in [0, 0.1) is 17.8 Å². The average molecular weight is 393 g/mol. The number of allylic oxidation sites excluding steroid dienone is 2. The molecule has 0 radical (unpaired) electrons. The molecule has 3 rings (SSSR count). The van der Waals surface area contributed by atoms with Gasteiger partial charge in [-0.05, 0) is 99.2 Å². The van der Waals surface area contributed by atoms with Crippen LogP contribution in [0.5, 0.6) is 0 Å². The van der Waals surface area contributed by atoms with Crippen LogP contribution in [0.3, 0.4) is 0 Å². The van der Waals surface area contributed by atoms with E-state index < -0.39 is 0 Å². The SMILES string of the molecule is FCC/C=C/[C@H]1CC[C@H](C2CCC(c3ccc(Br)cc3)CC2)CC1. The van der Waals surface area contributed by atoms with Gasteiger partial charge >= 0.3 is 0 Å². The van der Waals surface area contributed by atoms with E-state index in [-0.39, 0.29) is 6.67 Å². The fourth-order valence-electron chi connectivity index (χ4n) is 4.82. The van der Waals surface area contributed by atoms with Crippen molar-refractivity contribution >= 4 is 15.9 Å². The average Bonchev–Trinajstić information content (AvgIpc) is 2.63. The molecule has 0 unspecified atom stereocenters. The third-order valence-corrected chi connectivity index (χ3v) is 6.81. The summed E-state index contributed by atoms with van der Waals surface area (Å²) in [6, 6.07) is 8.95. The Morgan fingerprint density at radius 3 is 2.04 bits per heavy atom. The molecule has 1 aromatic rings. The molecule has 0 amide bonds. The molecular formula is C22H30BrF. The van der Waals surface area contributed by atoms with Crippen LogP contribution in [0.2, 0.25) is 0 Å². The van der Waals surface area contributed by atoms with Gasteiger partial charge in [-0.1, -0.05) is 40.2 Å². The highest BCUT2D eigenvalue weighted by molar-refractivity contribution is 9.10. The lowest BCUT2D eigenvalue weighted by Crippen LogP contribution is -2.25. The molecule has 0 saturated heterocycles. The van der Waals surface area contributed by atoms with Crippen molar-refractivity contribution in [1.82, 2.24) is 0 Å². The monoisotopic (exact) mass is 392 g/mol. The molecule has 0 atom stereocenters. The lowest BCUT2D eigenvalue weighted by Gasteiger charge is -2.37. The van der Waals surface area contributed by atoms with Gasteiger partial charge in [-0.2, -0.15) is 0 Å². The number of rotatable bonds is 5. The highest BCUT2D eigenvalue weighted by atomic mass is 79.9. The van der Waals surface area contributed by atoms with Gasteiger partial charge in [-0.3, -0.25) is 4.39 Å². The number of benzene rings is 1. The van der Waals surface area contributed by atoms with Gasteiger partial charge in [-0.15, -0.1) is 0 Å². The molecule has 0 aromatic heterocycles. The Hall–Kier alpha value is -0.630. The van der Waals surface area contributed by atoms with E-state index >= 15 is 0 Å². The van der Waals surface area contributed by atoms with Gasteiger partial charge in [0.05, 0.1) is 6.67 Å². The molecule has 2 heteroatoms. The van der Waals surface area contributed by atoms with E-state index in [0.717, 1.165) is 17.8 Å². The van der Waals surface area contributed by atoms with Crippen LogP contribution in [0.25, 0.3) is 0 Å². The zero-order valence-electron chi connectivity index (χ0n) is 14.6. The van der Waals surface area contributed by atoms with E-state index in [1.807, 2.05) is 0 Å². The molecule has 24 heavy (non-hydrogen) atoms. The summed E-state index contributed by atoms with van der Waals surface area (Å²) in [6.45, 7) is -0.215. The normalized spacial score (nSPS) is 31.4. The lowest BCUT2D eigenvalue weighted by atomic mass is 9.68. The third kappa shape index (κ3) is 4.94. The molecule has 0 heterocycles. The smallest absolute Gasteiger partial charge is 0.0928 e. The van der Waals surface area contributed by atoms with E-state index in [1.54, 1.807) is 0 Å². The molecule has 1 aromatic carbocycles. The lowest BCUT2D eigenvalue weighted by molar-refractivity contribution is 0.171. The van der Waals surface area contributed by atoms with Gasteiger partial charge in [0.25, 0.3) is 0 Å². The van der Waals surface area contributed by atoms with Gasteiger partial charge in [0.2, 0.25) is 0 Å². The summed E-state index contributed by atoms with van der Waals surface area (Å²) in [7, 11) is 0. The molecule has 0 spiro atoms. The maximum atomic E-state index is 12.2. The van der Waals surface area contributed by atoms with E-state index in [9.17, 15) is 4.39 Å². The quantitative estimate of drug-likeness (QED) is 0.456. The molecule has 0 N–H and O–H groups in total. The standard InChI is InChI=1S/C22H30BrF/c23-22-14-12-21(13-15-22)20-10-8-19(9-11-20)18-6-4-17(5-7-18)3-1-2-16-24/h1,3,12-15,17-20H,2,4-11,16H2/b3-1+/t17-,18-,19?,20?. The predicted octanol–water partition coefficient (Wildman–Crippen LogP) is 7.45. The number of hydrogen-bond acceptors (Lipinski definition) is 0. The van der Waals surface area contributed by atoms with Crippen LogP contribution < -0.4 is 0 Å². The van der Waals surface area contributed by atoms with Gasteiger partial charge in [-0.25, -0.2) is 0 Å². The van der Waals surface area contributed by atoms with E-state index in [1.165, 1.54) is 61.4 Å². The number of alkyl halides is 1. The van der Waals surface area contributed by atoms with Crippen molar-refractivity contribution in [3.05, 3.63) is 46.5 Å². The Labute approximate surface area is 155 Å². The van der Waals surface area contributed by atoms with Crippen LogP contribution in [0.15, 0.2) is 40.9 Å². The molecular weight excluding hydrogens is 363 g/mol. The molecule has 2 saturated carbocycles. The highest BCUT2D eigenvalue weighted by Crippen LogP contribution is 2.44. The first-order valence-corrected chi connectivity index (χ1v) is 10.5. The summed E-state index contributed by atoms with van der Waals surface area (Å²) in [4.78, 5) is 0. The summed E-state index contributed by atoms with van der Waals surface area (Å²) in [5.41, 5.74) is 1.53. The first kappa shape index (κ1) is 18.2. The predicted molar refractivity (Wildman–Crippen MR) is 104 cm³/mol. The summed E-state index contributed by atoms with van der Waals surface area (Å²) in [5.74, 6) is 3.38. The van der Waals surface area contributed by atoms with Crippen LogP contribution in [0.1, 0.15) is 69.3 Å². The second-order valence-electron chi connectivity index (χ2n) is 7.74. The Bertz CT molecular complexity index is 505.